The smallest absolute Gasteiger partial charge is 0.419 e. The Kier molecular flexibility index (Phi) is 13.0. The van der Waals surface area contributed by atoms with Crippen LogP contribution in [0.25, 0.3) is 11.1 Å². The normalized spacial score (nSPS) is 17.9. The Labute approximate surface area is 297 Å². The molecule has 284 valence electrons. The Morgan fingerprint density at radius 2 is 1.58 bits per heavy atom. The van der Waals surface area contributed by atoms with E-state index in [0.29, 0.717) is 68.3 Å². The van der Waals surface area contributed by atoms with Gasteiger partial charge in [-0.1, -0.05) is 43.4 Å². The van der Waals surface area contributed by atoms with Crippen LogP contribution < -0.4 is 10.9 Å². The number of halogens is 7. The predicted octanol–water partition coefficient (Wildman–Crippen LogP) is 8.57. The number of carboxylic acid groups (broad SMARTS) is 1. The van der Waals surface area contributed by atoms with E-state index in [4.69, 9.17) is 0 Å². The van der Waals surface area contributed by atoms with Gasteiger partial charge in [-0.25, -0.2) is 4.39 Å². The fourth-order valence-electron chi connectivity index (χ4n) is 7.06. The molecule has 1 amide bonds. The van der Waals surface area contributed by atoms with E-state index in [-0.39, 0.29) is 24.0 Å². The van der Waals surface area contributed by atoms with Gasteiger partial charge in [-0.2, -0.15) is 26.3 Å². The molecule has 3 aromatic rings. The third kappa shape index (κ3) is 10.0. The van der Waals surface area contributed by atoms with Crippen molar-refractivity contribution in [2.24, 2.45) is 0 Å². The van der Waals surface area contributed by atoms with Gasteiger partial charge < -0.3 is 19.9 Å². The number of carbonyl (C=O) groups excluding carboxylic acids is 1. The Balaban J connectivity index is 1.92. The number of pyridine rings is 1. The first kappa shape index (κ1) is 40.6. The van der Waals surface area contributed by atoms with Crippen molar-refractivity contribution in [3.05, 3.63) is 91.6 Å². The lowest BCUT2D eigenvalue weighted by Gasteiger charge is -2.27. The van der Waals surface area contributed by atoms with Crippen LogP contribution in [0.15, 0.2) is 41.3 Å². The molecule has 0 aliphatic carbocycles. The van der Waals surface area contributed by atoms with Crippen LogP contribution in [0.5, 0.6) is 0 Å². The maximum Gasteiger partial charge on any atom is 0.419 e. The van der Waals surface area contributed by atoms with Gasteiger partial charge in [-0.15, -0.1) is 0 Å². The summed E-state index contributed by atoms with van der Waals surface area (Å²) in [6.07, 6.45) is -6.39. The highest BCUT2D eigenvalue weighted by Crippen LogP contribution is 2.41. The van der Waals surface area contributed by atoms with Gasteiger partial charge in [0.25, 0.3) is 5.56 Å². The van der Waals surface area contributed by atoms with Gasteiger partial charge in [0.15, 0.2) is 0 Å². The second-order valence-electron chi connectivity index (χ2n) is 13.9. The average molecular weight is 740 g/mol. The molecule has 0 radical (unpaired) electrons. The van der Waals surface area contributed by atoms with Crippen molar-refractivity contribution in [3.8, 4) is 11.1 Å². The number of aliphatic carboxylic acids is 1. The standard InChI is InChI=1S/C38H44F7N3O4/c1-22-15-23(2)34-24(16-22)11-8-6-5-7-9-13-31(48-21-25(12-10-14-47(3)4)28(19-32(48)49)37(40,41)42)36(52)46-30(20-33(50)51)27-17-26(34)18-29(35(27)39)38(43,44)45/h15-19,21,30-31H,5-14,20H2,1-4H3,(H,46,52)(H,50,51)/t30-,31-/m0/s1. The lowest BCUT2D eigenvalue weighted by Crippen LogP contribution is -2.40. The minimum Gasteiger partial charge on any atom is -0.481 e. The first-order valence-electron chi connectivity index (χ1n) is 17.3. The van der Waals surface area contributed by atoms with Crippen LogP contribution in [0.2, 0.25) is 0 Å². The molecule has 2 atom stereocenters. The largest absolute Gasteiger partial charge is 0.481 e. The molecule has 1 aliphatic heterocycles. The van der Waals surface area contributed by atoms with Crippen LogP contribution in [0.1, 0.15) is 102 Å². The molecule has 0 fully saturated rings. The molecule has 7 nitrogen and oxygen atoms in total. The molecule has 1 aliphatic rings. The maximum absolute atomic E-state index is 16.0. The summed E-state index contributed by atoms with van der Waals surface area (Å²) in [5.74, 6) is -4.36. The number of fused-ring (bicyclic) bond motifs is 4. The first-order valence-corrected chi connectivity index (χ1v) is 17.3. The number of hydrogen-bond acceptors (Lipinski definition) is 4. The van der Waals surface area contributed by atoms with Crippen molar-refractivity contribution in [2.45, 2.75) is 102 Å². The van der Waals surface area contributed by atoms with E-state index >= 15 is 4.39 Å². The number of aryl methyl sites for hydroxylation is 4. The summed E-state index contributed by atoms with van der Waals surface area (Å²) in [6.45, 7) is 4.01. The summed E-state index contributed by atoms with van der Waals surface area (Å²) in [7, 11) is 3.50. The lowest BCUT2D eigenvalue weighted by atomic mass is 9.87. The number of hydrogen-bond donors (Lipinski definition) is 2. The first-order chi connectivity index (χ1) is 24.3. The molecule has 0 spiro atoms. The minimum absolute atomic E-state index is 0.00849. The molecule has 14 heteroatoms. The van der Waals surface area contributed by atoms with E-state index in [9.17, 15) is 45.8 Å². The number of nitrogens with zero attached hydrogens (tertiary/aromatic N) is 2. The Morgan fingerprint density at radius 3 is 2.21 bits per heavy atom. The van der Waals surface area contributed by atoms with Crippen LogP contribution in [-0.4, -0.2) is 47.1 Å². The highest BCUT2D eigenvalue weighted by Gasteiger charge is 2.39. The monoisotopic (exact) mass is 739 g/mol. The van der Waals surface area contributed by atoms with Crippen molar-refractivity contribution in [2.75, 3.05) is 20.6 Å². The zero-order valence-corrected chi connectivity index (χ0v) is 29.6. The van der Waals surface area contributed by atoms with Gasteiger partial charge in [0, 0.05) is 17.8 Å². The van der Waals surface area contributed by atoms with E-state index in [0.717, 1.165) is 34.4 Å². The lowest BCUT2D eigenvalue weighted by molar-refractivity contribution is -0.140. The summed E-state index contributed by atoms with van der Waals surface area (Å²) >= 11 is 0. The SMILES string of the molecule is Cc1cc(C)c2c(c1)CCCCCCC[C@H](n1cc(CCCN(C)C)c(C(F)(F)F)cc1=O)C(=O)N[C@@H](CC(=O)O)c1cc-2cc(C(F)(F)F)c1F. The molecule has 2 bridgehead atoms. The number of nitrogens with one attached hydrogen (secondary N) is 1. The Hall–Kier alpha value is -4.20. The van der Waals surface area contributed by atoms with Crippen LogP contribution in [-0.2, 0) is 34.8 Å². The van der Waals surface area contributed by atoms with Gasteiger partial charge >= 0.3 is 18.3 Å². The topological polar surface area (TPSA) is 91.6 Å². The molecule has 2 aromatic carbocycles. The molecule has 2 heterocycles. The summed E-state index contributed by atoms with van der Waals surface area (Å²) < 4.78 is 102. The van der Waals surface area contributed by atoms with E-state index in [1.165, 1.54) is 0 Å². The third-order valence-electron chi connectivity index (χ3n) is 9.41. The zero-order chi connectivity index (χ0) is 38.5. The number of carboxylic acids is 1. The van der Waals surface area contributed by atoms with Crippen molar-refractivity contribution >= 4 is 11.9 Å². The van der Waals surface area contributed by atoms with Crippen LogP contribution in [0, 0.1) is 19.7 Å². The fraction of sp³-hybridized carbons (Fsp3) is 0.500. The van der Waals surface area contributed by atoms with Gasteiger partial charge in [0.05, 0.1) is 23.6 Å². The highest BCUT2D eigenvalue weighted by atomic mass is 19.4. The maximum atomic E-state index is 16.0. The molecule has 2 N–H and O–H groups in total. The van der Waals surface area contributed by atoms with Crippen molar-refractivity contribution in [1.82, 2.24) is 14.8 Å². The van der Waals surface area contributed by atoms with E-state index in [1.807, 2.05) is 13.0 Å². The van der Waals surface area contributed by atoms with Gasteiger partial charge in [0.1, 0.15) is 11.9 Å². The molecule has 0 saturated heterocycles. The molecular weight excluding hydrogens is 695 g/mol. The number of alkyl halides is 6. The van der Waals surface area contributed by atoms with Gasteiger partial charge in [0.2, 0.25) is 5.91 Å². The summed E-state index contributed by atoms with van der Waals surface area (Å²) in [6, 6.07) is 2.57. The van der Waals surface area contributed by atoms with Crippen LogP contribution in [0.4, 0.5) is 30.7 Å². The fourth-order valence-corrected chi connectivity index (χ4v) is 7.06. The summed E-state index contributed by atoms with van der Waals surface area (Å²) in [4.78, 5) is 41.3. The zero-order valence-electron chi connectivity index (χ0n) is 29.6. The minimum atomic E-state index is -5.19. The summed E-state index contributed by atoms with van der Waals surface area (Å²) in [5.41, 5.74) is -2.18. The Bertz CT molecular complexity index is 1830. The highest BCUT2D eigenvalue weighted by molar-refractivity contribution is 5.82. The van der Waals surface area contributed by atoms with E-state index in [1.54, 1.807) is 32.0 Å². The molecular formula is C38H44F7N3O4. The van der Waals surface area contributed by atoms with E-state index < -0.39 is 70.8 Å². The third-order valence-corrected chi connectivity index (χ3v) is 9.41. The predicted molar refractivity (Wildman–Crippen MR) is 182 cm³/mol. The van der Waals surface area contributed by atoms with E-state index in [2.05, 4.69) is 5.32 Å². The summed E-state index contributed by atoms with van der Waals surface area (Å²) in [5, 5.41) is 12.2. The second kappa shape index (κ2) is 16.6. The quantitative estimate of drug-likeness (QED) is 0.237. The van der Waals surface area contributed by atoms with Crippen LogP contribution in [0.3, 0.4) is 0 Å². The van der Waals surface area contributed by atoms with Gasteiger partial charge in [-0.3, -0.25) is 14.4 Å². The molecule has 4 rings (SSSR count). The average Bonchev–Trinajstić information content (AvgIpc) is 3.01. The number of amides is 1. The van der Waals surface area contributed by atoms with Crippen LogP contribution >= 0.6 is 0 Å². The van der Waals surface area contributed by atoms with Gasteiger partial charge in [-0.05, 0) is 107 Å². The molecule has 0 unspecified atom stereocenters. The molecule has 52 heavy (non-hydrogen) atoms. The number of aromatic nitrogens is 1. The van der Waals surface area contributed by atoms with Crippen molar-refractivity contribution in [3.63, 3.8) is 0 Å². The molecule has 0 saturated carbocycles. The second-order valence-corrected chi connectivity index (χ2v) is 13.9. The van der Waals surface area contributed by atoms with Crippen molar-refractivity contribution < 1.29 is 45.4 Å². The number of rotatable bonds is 7. The Morgan fingerprint density at radius 1 is 0.923 bits per heavy atom. The molecule has 1 aromatic heterocycles. The number of carbonyl (C=O) groups is 2. The number of benzene rings is 2. The van der Waals surface area contributed by atoms with Crippen molar-refractivity contribution in [1.29, 1.82) is 0 Å².